The molecule has 1 aromatic carbocycles. The first kappa shape index (κ1) is 56.2. The number of hydrogen-bond donors (Lipinski definition) is 12. The molecule has 5 rings (SSSR count). The molecule has 3 heterocycles. The average molecular weight is 1040 g/mol. The maximum Gasteiger partial charge on any atom is 0.245 e. The molecular weight excluding hydrogens is 975 g/mol. The van der Waals surface area contributed by atoms with Crippen LogP contribution in [0, 0.1) is 5.92 Å². The molecule has 0 aromatic heterocycles. The lowest BCUT2D eigenvalue weighted by molar-refractivity contribution is -0.142. The first-order chi connectivity index (χ1) is 34.0. The normalized spacial score (nSPS) is 23.8. The number of guanidine groups is 1. The molecule has 10 amide bonds. The molecule has 72 heavy (non-hydrogen) atoms. The van der Waals surface area contributed by atoms with Crippen LogP contribution in [0.3, 0.4) is 0 Å². The molecule has 3 fully saturated rings. The van der Waals surface area contributed by atoms with Crippen LogP contribution in [0.5, 0.6) is 0 Å². The first-order valence-electron chi connectivity index (χ1n) is 23.5. The van der Waals surface area contributed by atoms with Gasteiger partial charge in [-0.2, -0.15) is 0 Å². The molecule has 3 aliphatic heterocycles. The fraction of sp³-hybridized carbons (Fsp3) is 0.543. The van der Waals surface area contributed by atoms with Crippen LogP contribution >= 0.6 is 23.5 Å². The number of carbonyl (C=O) groups is 10. The van der Waals surface area contributed by atoms with Gasteiger partial charge in [-0.15, -0.1) is 23.5 Å². The number of fused-ring (bicyclic) bond motifs is 3. The molecular formula is C46H65N13O11S2. The van der Waals surface area contributed by atoms with Gasteiger partial charge in [-0.3, -0.25) is 47.9 Å². The van der Waals surface area contributed by atoms with Gasteiger partial charge in [0.25, 0.3) is 0 Å². The van der Waals surface area contributed by atoms with Crippen molar-refractivity contribution in [2.24, 2.45) is 33.8 Å². The second-order valence-electron chi connectivity index (χ2n) is 18.3. The number of amides is 10. The topological polar surface area (TPSA) is 395 Å². The number of primary amides is 2. The van der Waals surface area contributed by atoms with Gasteiger partial charge in [0.2, 0.25) is 59.1 Å². The summed E-state index contributed by atoms with van der Waals surface area (Å²) in [7, 11) is 0. The number of nitrogens with one attached hydrogen (secondary N) is 7. The van der Waals surface area contributed by atoms with Crippen LogP contribution in [0.4, 0.5) is 0 Å². The number of benzene rings is 1. The SMILES string of the molecule is CCC(=O)NC(CC12C=CC3(O)SC3C1S2)C(=O)NC(Cc1ccccc1)C(=O)NC(C(=O)NC(CC(N)=O)C(=O)NC(C)C(=O)N1CCCC1C(=O)NC(C/C=C/N=C(N)N)C(=O)NCC(N)=O)C(C)C. The average Bonchev–Trinajstić information content (AvgIpc) is 4.16. The summed E-state index contributed by atoms with van der Waals surface area (Å²) in [5, 5.41) is 28.8. The summed E-state index contributed by atoms with van der Waals surface area (Å²) >= 11 is 3.03. The Morgan fingerprint density at radius 3 is 2.08 bits per heavy atom. The maximum atomic E-state index is 14.3. The number of thioether (sulfide) groups is 2. The molecule has 0 bridgehead atoms. The van der Waals surface area contributed by atoms with Crippen molar-refractivity contribution in [3.05, 3.63) is 60.3 Å². The minimum absolute atomic E-state index is 0.0173. The van der Waals surface area contributed by atoms with Crippen molar-refractivity contribution < 1.29 is 53.1 Å². The smallest absolute Gasteiger partial charge is 0.245 e. The van der Waals surface area contributed by atoms with Gasteiger partial charge in [0, 0.05) is 35.6 Å². The summed E-state index contributed by atoms with van der Waals surface area (Å²) in [6.45, 7) is 5.81. The zero-order valence-corrected chi connectivity index (χ0v) is 42.0. The van der Waals surface area contributed by atoms with Crippen molar-refractivity contribution in [1.82, 2.24) is 42.1 Å². The summed E-state index contributed by atoms with van der Waals surface area (Å²) in [4.78, 5) is 137. The van der Waals surface area contributed by atoms with Crippen molar-refractivity contribution >= 4 is 88.6 Å². The lowest BCUT2D eigenvalue weighted by atomic mass is 9.88. The summed E-state index contributed by atoms with van der Waals surface area (Å²) in [6, 6.07) is -0.170. The molecule has 0 spiro atoms. The van der Waals surface area contributed by atoms with Crippen molar-refractivity contribution in [3.63, 3.8) is 0 Å². The van der Waals surface area contributed by atoms with E-state index in [9.17, 15) is 53.1 Å². The molecule has 26 heteroatoms. The highest BCUT2D eigenvalue weighted by atomic mass is 32.2. The van der Waals surface area contributed by atoms with Crippen molar-refractivity contribution in [2.45, 2.75) is 135 Å². The van der Waals surface area contributed by atoms with Gasteiger partial charge in [-0.1, -0.05) is 63.3 Å². The lowest BCUT2D eigenvalue weighted by Gasteiger charge is -2.30. The summed E-state index contributed by atoms with van der Waals surface area (Å²) in [5.74, 6) is -8.55. The minimum Gasteiger partial charge on any atom is -0.375 e. The molecule has 3 saturated heterocycles. The van der Waals surface area contributed by atoms with Crippen LogP contribution in [-0.4, -0.2) is 151 Å². The Labute approximate surface area is 424 Å². The lowest BCUT2D eigenvalue weighted by Crippen LogP contribution is -2.61. The Hall–Kier alpha value is -6.67. The third-order valence-electron chi connectivity index (χ3n) is 12.4. The number of carbonyl (C=O) groups excluding carboxylic acids is 10. The Morgan fingerprint density at radius 2 is 1.44 bits per heavy atom. The summed E-state index contributed by atoms with van der Waals surface area (Å²) < 4.78 is -0.496. The van der Waals surface area contributed by atoms with Gasteiger partial charge >= 0.3 is 0 Å². The predicted octanol–water partition coefficient (Wildman–Crippen LogP) is -3.51. The molecule has 11 atom stereocenters. The monoisotopic (exact) mass is 1040 g/mol. The maximum absolute atomic E-state index is 14.3. The van der Waals surface area contributed by atoms with Crippen LogP contribution in [-0.2, 0) is 54.4 Å². The highest BCUT2D eigenvalue weighted by molar-refractivity contribution is 8.14. The number of nitrogens with zero attached hydrogens (tertiary/aromatic N) is 2. The van der Waals surface area contributed by atoms with E-state index in [1.165, 1.54) is 35.9 Å². The third-order valence-corrected chi connectivity index (χ3v) is 15.6. The van der Waals surface area contributed by atoms with E-state index in [1.807, 2.05) is 6.08 Å². The molecule has 1 aliphatic carbocycles. The van der Waals surface area contributed by atoms with E-state index in [0.29, 0.717) is 12.0 Å². The Morgan fingerprint density at radius 1 is 0.778 bits per heavy atom. The van der Waals surface area contributed by atoms with Gasteiger partial charge < -0.3 is 70.2 Å². The van der Waals surface area contributed by atoms with Crippen molar-refractivity contribution in [3.8, 4) is 0 Å². The number of aliphatic imine (C=N–C) groups is 1. The summed E-state index contributed by atoms with van der Waals surface area (Å²) in [6.07, 6.45) is 6.22. The zero-order chi connectivity index (χ0) is 53.1. The Bertz CT molecular complexity index is 2350. The van der Waals surface area contributed by atoms with E-state index in [2.05, 4.69) is 42.2 Å². The summed E-state index contributed by atoms with van der Waals surface area (Å²) in [5.41, 5.74) is 22.0. The van der Waals surface area contributed by atoms with Gasteiger partial charge in [0.15, 0.2) is 5.96 Å². The highest BCUT2D eigenvalue weighted by Crippen LogP contribution is 2.73. The highest BCUT2D eigenvalue weighted by Gasteiger charge is 2.73. The first-order valence-corrected chi connectivity index (χ1v) is 25.2. The van der Waals surface area contributed by atoms with Gasteiger partial charge in [-0.05, 0) is 50.2 Å². The predicted molar refractivity (Wildman–Crippen MR) is 267 cm³/mol. The van der Waals surface area contributed by atoms with E-state index >= 15 is 0 Å². The van der Waals surface area contributed by atoms with E-state index in [-0.39, 0.29) is 61.0 Å². The second-order valence-corrected chi connectivity index (χ2v) is 21.2. The van der Waals surface area contributed by atoms with E-state index in [1.54, 1.807) is 68.9 Å². The molecule has 11 unspecified atom stereocenters. The number of likely N-dealkylation sites (tertiary alicyclic amines) is 1. The third kappa shape index (κ3) is 15.2. The molecule has 16 N–H and O–H groups in total. The molecule has 1 aromatic rings. The quantitative estimate of drug-likeness (QED) is 0.0185. The zero-order valence-electron chi connectivity index (χ0n) is 40.4. The van der Waals surface area contributed by atoms with Gasteiger partial charge in [-0.25, -0.2) is 4.99 Å². The van der Waals surface area contributed by atoms with Gasteiger partial charge in [0.05, 0.1) is 18.2 Å². The molecule has 0 radical (unpaired) electrons. The van der Waals surface area contributed by atoms with Crippen LogP contribution in [0.25, 0.3) is 0 Å². The van der Waals surface area contributed by atoms with Gasteiger partial charge in [0.1, 0.15) is 47.2 Å². The van der Waals surface area contributed by atoms with E-state index in [4.69, 9.17) is 22.9 Å². The number of aliphatic hydroxyl groups is 1. The van der Waals surface area contributed by atoms with Crippen LogP contribution < -0.4 is 60.2 Å². The number of hydrogen-bond acceptors (Lipinski definition) is 14. The Kier molecular flexibility index (Phi) is 19.2. The van der Waals surface area contributed by atoms with Crippen LogP contribution in [0.15, 0.2) is 59.8 Å². The minimum atomic E-state index is -1.64. The fourth-order valence-corrected chi connectivity index (χ4v) is 11.4. The molecule has 392 valence electrons. The standard InChI is InChI=1S/C46H65N13O11S2/c1-5-33(62)54-29(21-45-15-16-46(70)36(72-46)35(45)71-45)40(66)56-27(19-25-11-7-6-8-12-25)39(65)58-34(23(2)3)42(68)57-28(20-31(47)60)38(64)53-24(4)43(69)59-18-10-14-30(59)41(67)55-26(13-9-17-51-44(49)50)37(63)52-22-32(48)61/h6-9,11-12,15-17,23-24,26-30,34-36,70H,5,10,13-14,18-22H2,1-4H3,(H2,47,60)(H2,48,61)(H,52,63)(H,53,64)(H,54,62)(H,55,67)(H,56,66)(H,57,68)(H,58,65)(H4,49,50,51)/b17-9+. The molecule has 0 saturated carbocycles. The largest absolute Gasteiger partial charge is 0.375 e. The van der Waals surface area contributed by atoms with Crippen molar-refractivity contribution in [1.29, 1.82) is 0 Å². The number of rotatable bonds is 26. The second kappa shape index (κ2) is 24.6. The van der Waals surface area contributed by atoms with Crippen LogP contribution in [0.2, 0.25) is 0 Å². The van der Waals surface area contributed by atoms with E-state index in [0.717, 1.165) is 0 Å². The molecule has 4 aliphatic rings. The van der Waals surface area contributed by atoms with Crippen molar-refractivity contribution in [2.75, 3.05) is 13.1 Å². The Balaban J connectivity index is 1.26. The molecule has 24 nitrogen and oxygen atoms in total. The van der Waals surface area contributed by atoms with E-state index < -0.39 is 124 Å². The fourth-order valence-electron chi connectivity index (χ4n) is 8.41. The number of nitrogens with two attached hydrogens (primary N) is 4. The van der Waals surface area contributed by atoms with Crippen LogP contribution in [0.1, 0.15) is 71.8 Å².